The number of benzene rings is 2. The molecule has 9 heteroatoms. The molecule has 1 N–H and O–H groups in total. The number of hydrogen-bond acceptors (Lipinski definition) is 6. The molecule has 2 aromatic rings. The van der Waals surface area contributed by atoms with Gasteiger partial charge >= 0.3 is 0 Å². The summed E-state index contributed by atoms with van der Waals surface area (Å²) in [5.74, 6) is 1.04. The third-order valence-corrected chi connectivity index (χ3v) is 7.25. The fraction of sp³-hybridized carbons (Fsp3) is 0.435. The van der Waals surface area contributed by atoms with Crippen LogP contribution in [0.15, 0.2) is 41.3 Å². The molecule has 174 valence electrons. The van der Waals surface area contributed by atoms with Gasteiger partial charge in [-0.3, -0.25) is 4.79 Å². The first-order valence-electron chi connectivity index (χ1n) is 10.5. The predicted molar refractivity (Wildman–Crippen MR) is 122 cm³/mol. The van der Waals surface area contributed by atoms with E-state index < -0.39 is 15.9 Å². The molecule has 0 radical (unpaired) electrons. The van der Waals surface area contributed by atoms with E-state index in [9.17, 15) is 13.2 Å². The summed E-state index contributed by atoms with van der Waals surface area (Å²) in [6, 6.07) is 9.98. The number of carbonyl (C=O) groups is 1. The van der Waals surface area contributed by atoms with Gasteiger partial charge in [0.25, 0.3) is 5.91 Å². The number of carbonyl (C=O) groups excluding carboxylic acids is 1. The Kier molecular flexibility index (Phi) is 7.00. The smallest absolute Gasteiger partial charge is 0.262 e. The van der Waals surface area contributed by atoms with E-state index in [1.54, 1.807) is 19.9 Å². The van der Waals surface area contributed by atoms with Crippen molar-refractivity contribution in [2.75, 3.05) is 32.1 Å². The Hall–Kier alpha value is -2.78. The molecule has 0 spiro atoms. The second kappa shape index (κ2) is 9.38. The van der Waals surface area contributed by atoms with Gasteiger partial charge in [0.05, 0.1) is 17.7 Å². The maximum absolute atomic E-state index is 12.8. The molecular formula is C23H30N2O6S. The molecule has 1 aliphatic heterocycles. The third kappa shape index (κ3) is 4.99. The molecule has 0 saturated carbocycles. The number of para-hydroxylation sites is 1. The second-order valence-electron chi connectivity index (χ2n) is 8.07. The van der Waals surface area contributed by atoms with Gasteiger partial charge in [0.1, 0.15) is 11.4 Å². The third-order valence-electron chi connectivity index (χ3n) is 5.20. The minimum Gasteiger partial charge on any atom is -0.495 e. The lowest BCUT2D eigenvalue weighted by Crippen LogP contribution is -2.30. The largest absolute Gasteiger partial charge is 0.495 e. The van der Waals surface area contributed by atoms with Gasteiger partial charge in [-0.2, -0.15) is 4.31 Å². The van der Waals surface area contributed by atoms with E-state index in [0.717, 1.165) is 12.0 Å². The number of anilines is 1. The van der Waals surface area contributed by atoms with Crippen LogP contribution in [0.5, 0.6) is 17.2 Å². The van der Waals surface area contributed by atoms with Crippen LogP contribution < -0.4 is 19.5 Å². The zero-order valence-corrected chi connectivity index (χ0v) is 19.9. The summed E-state index contributed by atoms with van der Waals surface area (Å²) < 4.78 is 44.0. The number of amides is 1. The number of nitrogens with zero attached hydrogens (tertiary/aromatic N) is 1. The fourth-order valence-corrected chi connectivity index (χ4v) is 5.17. The number of rotatable bonds is 9. The predicted octanol–water partition coefficient (Wildman–Crippen LogP) is 3.46. The van der Waals surface area contributed by atoms with Gasteiger partial charge in [0.2, 0.25) is 10.0 Å². The number of ether oxygens (including phenoxy) is 3. The van der Waals surface area contributed by atoms with Crippen molar-refractivity contribution < 1.29 is 27.4 Å². The molecule has 0 atom stereocenters. The number of nitrogens with one attached hydrogen (secondary N) is 1. The zero-order chi connectivity index (χ0) is 23.5. The molecule has 0 aromatic heterocycles. The van der Waals surface area contributed by atoms with Gasteiger partial charge in [-0.25, -0.2) is 8.42 Å². The van der Waals surface area contributed by atoms with Crippen LogP contribution in [0.4, 0.5) is 5.69 Å². The highest BCUT2D eigenvalue weighted by Crippen LogP contribution is 2.41. The van der Waals surface area contributed by atoms with Crippen LogP contribution in [0.3, 0.4) is 0 Å². The van der Waals surface area contributed by atoms with E-state index in [1.807, 2.05) is 26.0 Å². The van der Waals surface area contributed by atoms with E-state index >= 15 is 0 Å². The summed E-state index contributed by atoms with van der Waals surface area (Å²) in [5, 5.41) is 2.69. The Morgan fingerprint density at radius 3 is 2.53 bits per heavy atom. The Morgan fingerprint density at radius 1 is 1.16 bits per heavy atom. The first-order chi connectivity index (χ1) is 15.1. The summed E-state index contributed by atoms with van der Waals surface area (Å²) in [6.07, 6.45) is 0.761. The maximum atomic E-state index is 12.8. The fourth-order valence-electron chi connectivity index (χ4n) is 3.69. The Morgan fingerprint density at radius 2 is 1.88 bits per heavy atom. The molecule has 0 fully saturated rings. The summed E-state index contributed by atoms with van der Waals surface area (Å²) in [4.78, 5) is 12.7. The van der Waals surface area contributed by atoms with Gasteiger partial charge in [0, 0.05) is 25.1 Å². The van der Waals surface area contributed by atoms with Crippen LogP contribution >= 0.6 is 0 Å². The number of fused-ring (bicyclic) bond motifs is 1. The lowest BCUT2D eigenvalue weighted by Gasteiger charge is -2.20. The highest BCUT2D eigenvalue weighted by atomic mass is 32.2. The Bertz CT molecular complexity index is 1090. The van der Waals surface area contributed by atoms with E-state index in [2.05, 4.69) is 5.32 Å². The van der Waals surface area contributed by atoms with E-state index in [1.165, 1.54) is 29.6 Å². The van der Waals surface area contributed by atoms with Crippen LogP contribution in [0.25, 0.3) is 0 Å². The van der Waals surface area contributed by atoms with Gasteiger partial charge < -0.3 is 19.5 Å². The number of hydrogen-bond donors (Lipinski definition) is 1. The second-order valence-corrected chi connectivity index (χ2v) is 10.0. The molecule has 1 amide bonds. The van der Waals surface area contributed by atoms with Crippen molar-refractivity contribution in [3.8, 4) is 17.2 Å². The molecule has 8 nitrogen and oxygen atoms in total. The number of sulfonamides is 1. The summed E-state index contributed by atoms with van der Waals surface area (Å²) in [6.45, 7) is 7.97. The van der Waals surface area contributed by atoms with Crippen molar-refractivity contribution in [3.05, 3.63) is 42.0 Å². The quantitative estimate of drug-likeness (QED) is 0.613. The molecule has 0 saturated heterocycles. The number of methoxy groups -OCH3 is 1. The van der Waals surface area contributed by atoms with E-state index in [4.69, 9.17) is 14.2 Å². The molecular weight excluding hydrogens is 432 g/mol. The van der Waals surface area contributed by atoms with Crippen molar-refractivity contribution in [2.45, 2.75) is 44.6 Å². The Labute approximate surface area is 189 Å². The van der Waals surface area contributed by atoms with Crippen LogP contribution in [-0.2, 0) is 21.2 Å². The van der Waals surface area contributed by atoms with Crippen LogP contribution in [-0.4, -0.2) is 51.0 Å². The lowest BCUT2D eigenvalue weighted by molar-refractivity contribution is -0.118. The SMILES string of the molecule is CCN(CC)S(=O)(=O)c1ccc(OC)c(NC(=O)COc2cccc3c2OC(C)(C)C3)c1. The molecule has 32 heavy (non-hydrogen) atoms. The van der Waals surface area contributed by atoms with Gasteiger partial charge in [-0.1, -0.05) is 26.0 Å². The highest BCUT2D eigenvalue weighted by Gasteiger charge is 2.32. The molecule has 3 rings (SSSR count). The van der Waals surface area contributed by atoms with Crippen molar-refractivity contribution in [1.29, 1.82) is 0 Å². The average molecular weight is 463 g/mol. The topological polar surface area (TPSA) is 94.2 Å². The molecule has 0 unspecified atom stereocenters. The van der Waals surface area contributed by atoms with Crippen molar-refractivity contribution >= 4 is 21.6 Å². The minimum atomic E-state index is -3.68. The van der Waals surface area contributed by atoms with Gasteiger partial charge in [-0.05, 0) is 38.1 Å². The van der Waals surface area contributed by atoms with Crippen LogP contribution in [0.2, 0.25) is 0 Å². The van der Waals surface area contributed by atoms with Crippen molar-refractivity contribution in [3.63, 3.8) is 0 Å². The molecule has 1 heterocycles. The van der Waals surface area contributed by atoms with Crippen molar-refractivity contribution in [1.82, 2.24) is 4.31 Å². The molecule has 0 bridgehead atoms. The van der Waals surface area contributed by atoms with Gasteiger partial charge in [0.15, 0.2) is 18.1 Å². The highest BCUT2D eigenvalue weighted by molar-refractivity contribution is 7.89. The minimum absolute atomic E-state index is 0.0785. The zero-order valence-electron chi connectivity index (χ0n) is 19.1. The summed E-state index contributed by atoms with van der Waals surface area (Å²) in [5.41, 5.74) is 0.961. The monoisotopic (exact) mass is 462 g/mol. The van der Waals surface area contributed by atoms with E-state index in [-0.39, 0.29) is 22.8 Å². The Balaban J connectivity index is 1.75. The molecule has 1 aliphatic rings. The summed E-state index contributed by atoms with van der Waals surface area (Å²) >= 11 is 0. The first kappa shape index (κ1) is 23.9. The van der Waals surface area contributed by atoms with Crippen LogP contribution in [0.1, 0.15) is 33.3 Å². The standard InChI is InChI=1S/C23H30N2O6S/c1-6-25(7-2)32(27,28)17-11-12-19(29-5)18(13-17)24-21(26)15-30-20-10-8-9-16-14-23(3,4)31-22(16)20/h8-13H,6-7,14-15H2,1-5H3,(H,24,26). The summed E-state index contributed by atoms with van der Waals surface area (Å²) in [7, 11) is -2.23. The van der Waals surface area contributed by atoms with Gasteiger partial charge in [-0.15, -0.1) is 0 Å². The average Bonchev–Trinajstić information content (AvgIpc) is 3.07. The lowest BCUT2D eigenvalue weighted by atomic mass is 10.0. The van der Waals surface area contributed by atoms with Crippen LogP contribution in [0, 0.1) is 0 Å². The molecule has 0 aliphatic carbocycles. The maximum Gasteiger partial charge on any atom is 0.262 e. The normalized spacial score (nSPS) is 14.6. The van der Waals surface area contributed by atoms with E-state index in [0.29, 0.717) is 30.3 Å². The molecule has 2 aromatic carbocycles. The first-order valence-corrected chi connectivity index (χ1v) is 12.0. The van der Waals surface area contributed by atoms with Crippen molar-refractivity contribution in [2.24, 2.45) is 0 Å².